The van der Waals surface area contributed by atoms with E-state index in [9.17, 15) is 14.4 Å². The molecular weight excluding hydrogens is 588 g/mol. The van der Waals surface area contributed by atoms with Crippen molar-refractivity contribution in [2.75, 3.05) is 37.4 Å². The number of halogens is 3. The predicted octanol–water partition coefficient (Wildman–Crippen LogP) is 4.20. The number of thiophene rings is 1. The van der Waals surface area contributed by atoms with E-state index in [0.717, 1.165) is 17.8 Å². The lowest BCUT2D eigenvalue weighted by Crippen LogP contribution is -2.66. The average molecular weight is 612 g/mol. The maximum atomic E-state index is 16.5. The van der Waals surface area contributed by atoms with E-state index in [4.69, 9.17) is 27.8 Å². The first-order valence-corrected chi connectivity index (χ1v) is 14.0. The summed E-state index contributed by atoms with van der Waals surface area (Å²) in [7, 11) is 1.38. The zero-order valence-corrected chi connectivity index (χ0v) is 23.7. The Hall–Kier alpha value is -4.61. The lowest BCUT2D eigenvalue weighted by atomic mass is 9.84. The van der Waals surface area contributed by atoms with Crippen LogP contribution < -0.4 is 32.0 Å². The fraction of sp³-hybridized carbons (Fsp3) is 0.259. The van der Waals surface area contributed by atoms with Crippen LogP contribution in [0.3, 0.4) is 0 Å². The standard InChI is InChI=1S/C27H24ClF2N9O2S/c1-41-25-35-21-14(24(36-25)38-8-4-27(12-38)5-9-39(27)26(40)37-34-7-6-31)10-16(28)19(20(21)30)13-2-3-17(29)22-18(13)15(11-32)23(33)42-22/h2-3,6-7,10,34H,4-5,8-9,12,31,33H2,1H3,(H,37,40)/b7-6-. The number of amides is 2. The van der Waals surface area contributed by atoms with Crippen molar-refractivity contribution in [2.24, 2.45) is 5.73 Å². The molecule has 1 atom stereocenters. The van der Waals surface area contributed by atoms with Crippen LogP contribution in [0, 0.1) is 23.0 Å². The van der Waals surface area contributed by atoms with Crippen molar-refractivity contribution in [3.8, 4) is 23.2 Å². The second-order valence-electron chi connectivity index (χ2n) is 9.96. The molecule has 6 rings (SSSR count). The van der Waals surface area contributed by atoms with E-state index in [1.165, 1.54) is 31.6 Å². The van der Waals surface area contributed by atoms with Crippen LogP contribution in [0.2, 0.25) is 5.02 Å². The van der Waals surface area contributed by atoms with Crippen molar-refractivity contribution in [1.82, 2.24) is 25.7 Å². The maximum Gasteiger partial charge on any atom is 0.336 e. The molecule has 42 heavy (non-hydrogen) atoms. The molecule has 2 saturated heterocycles. The monoisotopic (exact) mass is 611 g/mol. The number of nitrogens with two attached hydrogens (primary N) is 2. The van der Waals surface area contributed by atoms with Gasteiger partial charge in [-0.2, -0.15) is 15.2 Å². The number of rotatable bonds is 5. The molecule has 2 aliphatic rings. The van der Waals surface area contributed by atoms with Crippen LogP contribution in [0.15, 0.2) is 30.6 Å². The number of nitrogens with zero attached hydrogens (tertiary/aromatic N) is 5. The summed E-state index contributed by atoms with van der Waals surface area (Å²) < 4.78 is 36.6. The molecule has 0 aliphatic carbocycles. The summed E-state index contributed by atoms with van der Waals surface area (Å²) in [6.07, 6.45) is 4.13. The van der Waals surface area contributed by atoms with E-state index in [1.807, 2.05) is 11.0 Å². The Bertz CT molecular complexity index is 1840. The predicted molar refractivity (Wildman–Crippen MR) is 157 cm³/mol. The number of ether oxygens (including phenoxy) is 1. The molecule has 0 saturated carbocycles. The molecule has 0 radical (unpaired) electrons. The Balaban J connectivity index is 1.44. The van der Waals surface area contributed by atoms with Gasteiger partial charge in [0, 0.05) is 48.4 Å². The summed E-state index contributed by atoms with van der Waals surface area (Å²) >= 11 is 7.64. The third kappa shape index (κ3) is 4.15. The van der Waals surface area contributed by atoms with Gasteiger partial charge in [-0.15, -0.1) is 11.3 Å². The minimum atomic E-state index is -0.779. The number of fused-ring (bicyclic) bond motifs is 2. The van der Waals surface area contributed by atoms with Crippen molar-refractivity contribution in [2.45, 2.75) is 18.4 Å². The summed E-state index contributed by atoms with van der Waals surface area (Å²) in [6.45, 7) is 1.56. The Labute approximate surface area is 247 Å². The molecule has 2 fully saturated rings. The summed E-state index contributed by atoms with van der Waals surface area (Å²) in [5.74, 6) is -0.957. The third-order valence-electron chi connectivity index (χ3n) is 7.83. The van der Waals surface area contributed by atoms with Crippen LogP contribution in [0.4, 0.5) is 24.4 Å². The second kappa shape index (κ2) is 10.3. The van der Waals surface area contributed by atoms with Crippen molar-refractivity contribution in [3.63, 3.8) is 0 Å². The fourth-order valence-corrected chi connectivity index (χ4v) is 7.03. The zero-order valence-electron chi connectivity index (χ0n) is 22.2. The van der Waals surface area contributed by atoms with E-state index >= 15 is 4.39 Å². The molecule has 2 amide bonds. The summed E-state index contributed by atoms with van der Waals surface area (Å²) in [4.78, 5) is 25.3. The minimum Gasteiger partial charge on any atom is -0.467 e. The fourth-order valence-electron chi connectivity index (χ4n) is 5.79. The molecule has 1 spiro atoms. The van der Waals surface area contributed by atoms with Gasteiger partial charge in [0.15, 0.2) is 5.82 Å². The third-order valence-corrected chi connectivity index (χ3v) is 9.16. The molecule has 2 aliphatic heterocycles. The van der Waals surface area contributed by atoms with Gasteiger partial charge in [-0.05, 0) is 30.5 Å². The van der Waals surface area contributed by atoms with Gasteiger partial charge in [0.1, 0.15) is 28.2 Å². The highest BCUT2D eigenvalue weighted by molar-refractivity contribution is 7.23. The number of hydrogen-bond acceptors (Lipinski definition) is 10. The number of anilines is 2. The SMILES string of the molecule is COc1nc(N2CCC3(CCN3C(=O)NN/C=C\N)C2)c2cc(Cl)c(-c3ccc(F)c4sc(N)c(C#N)c34)c(F)c2n1. The van der Waals surface area contributed by atoms with E-state index < -0.39 is 17.2 Å². The van der Waals surface area contributed by atoms with Gasteiger partial charge in [-0.25, -0.2) is 13.6 Å². The number of nitrogen functional groups attached to an aromatic ring is 1. The van der Waals surface area contributed by atoms with Gasteiger partial charge in [0.25, 0.3) is 0 Å². The van der Waals surface area contributed by atoms with Crippen LogP contribution in [-0.2, 0) is 0 Å². The van der Waals surface area contributed by atoms with E-state index in [1.54, 1.807) is 11.0 Å². The van der Waals surface area contributed by atoms with Crippen LogP contribution >= 0.6 is 22.9 Å². The van der Waals surface area contributed by atoms with E-state index in [-0.39, 0.29) is 54.4 Å². The lowest BCUT2D eigenvalue weighted by molar-refractivity contribution is 0.0397. The number of urea groups is 1. The summed E-state index contributed by atoms with van der Waals surface area (Å²) in [5.41, 5.74) is 16.2. The Morgan fingerprint density at radius 3 is 2.79 bits per heavy atom. The number of methoxy groups -OCH3 is 1. The normalized spacial score (nSPS) is 18.2. The van der Waals surface area contributed by atoms with Gasteiger partial charge in [0.05, 0.1) is 27.9 Å². The van der Waals surface area contributed by atoms with Crippen LogP contribution in [0.1, 0.15) is 18.4 Å². The quantitative estimate of drug-likeness (QED) is 0.243. The first-order chi connectivity index (χ1) is 20.2. The molecule has 2 aromatic carbocycles. The van der Waals surface area contributed by atoms with Crippen LogP contribution in [-0.4, -0.2) is 53.2 Å². The molecule has 1 unspecified atom stereocenters. The molecular formula is C27H24ClF2N9O2S. The van der Waals surface area contributed by atoms with Gasteiger partial charge in [-0.1, -0.05) is 17.7 Å². The van der Waals surface area contributed by atoms with Gasteiger partial charge < -0.3 is 31.4 Å². The average Bonchev–Trinajstić information content (AvgIpc) is 3.57. The molecule has 216 valence electrons. The topological polar surface area (TPSA) is 158 Å². The van der Waals surface area contributed by atoms with E-state index in [2.05, 4.69) is 20.8 Å². The Morgan fingerprint density at radius 1 is 1.31 bits per heavy atom. The van der Waals surface area contributed by atoms with Crippen molar-refractivity contribution in [1.29, 1.82) is 5.26 Å². The van der Waals surface area contributed by atoms with Crippen molar-refractivity contribution >= 4 is 60.8 Å². The van der Waals surface area contributed by atoms with Crippen molar-refractivity contribution in [3.05, 3.63) is 52.8 Å². The highest BCUT2D eigenvalue weighted by Crippen LogP contribution is 2.47. The number of aromatic nitrogens is 2. The molecule has 0 bridgehead atoms. The number of nitrogens with one attached hydrogen (secondary N) is 2. The molecule has 4 heterocycles. The number of likely N-dealkylation sites (tertiary alicyclic amines) is 1. The number of carbonyl (C=O) groups excluding carboxylic acids is 1. The highest BCUT2D eigenvalue weighted by Gasteiger charge is 2.52. The number of nitriles is 1. The van der Waals surface area contributed by atoms with Gasteiger partial charge in [-0.3, -0.25) is 5.43 Å². The smallest absolute Gasteiger partial charge is 0.336 e. The minimum absolute atomic E-state index is 0.0224. The molecule has 6 N–H and O–H groups in total. The number of hydrogen-bond donors (Lipinski definition) is 4. The lowest BCUT2D eigenvalue weighted by Gasteiger charge is -2.50. The van der Waals surface area contributed by atoms with Gasteiger partial charge in [0.2, 0.25) is 0 Å². The molecule has 11 nitrogen and oxygen atoms in total. The van der Waals surface area contributed by atoms with Gasteiger partial charge >= 0.3 is 12.0 Å². The number of hydrazine groups is 1. The molecule has 15 heteroatoms. The molecule has 2 aromatic heterocycles. The maximum absolute atomic E-state index is 16.5. The largest absolute Gasteiger partial charge is 0.467 e. The number of carbonyl (C=O) groups is 1. The first kappa shape index (κ1) is 27.6. The molecule has 4 aromatic rings. The Morgan fingerprint density at radius 2 is 2.10 bits per heavy atom. The first-order valence-electron chi connectivity index (χ1n) is 12.8. The zero-order chi connectivity index (χ0) is 29.8. The van der Waals surface area contributed by atoms with Crippen LogP contribution in [0.25, 0.3) is 32.1 Å². The summed E-state index contributed by atoms with van der Waals surface area (Å²) in [5, 5.41) is 10.4. The van der Waals surface area contributed by atoms with E-state index in [0.29, 0.717) is 37.3 Å². The van der Waals surface area contributed by atoms with Crippen molar-refractivity contribution < 1.29 is 18.3 Å². The second-order valence-corrected chi connectivity index (χ2v) is 11.4. The highest BCUT2D eigenvalue weighted by atomic mass is 35.5. The Kier molecular flexibility index (Phi) is 6.78. The number of benzene rings is 2. The summed E-state index contributed by atoms with van der Waals surface area (Å²) in [6, 6.07) is 5.76. The van der Waals surface area contributed by atoms with Crippen LogP contribution in [0.5, 0.6) is 6.01 Å².